The maximum atomic E-state index is 9.48. The van der Waals surface area contributed by atoms with E-state index in [1.165, 1.54) is 0 Å². The molecule has 18 heavy (non-hydrogen) atoms. The van der Waals surface area contributed by atoms with E-state index in [9.17, 15) is 5.11 Å². The smallest absolute Gasteiger partial charge is 0.128 e. The van der Waals surface area contributed by atoms with Crippen molar-refractivity contribution in [1.82, 2.24) is 9.88 Å². The summed E-state index contributed by atoms with van der Waals surface area (Å²) in [6.07, 6.45) is 1.32. The van der Waals surface area contributed by atoms with Crippen molar-refractivity contribution in [3.63, 3.8) is 0 Å². The van der Waals surface area contributed by atoms with Crippen LogP contribution in [-0.4, -0.2) is 47.2 Å². The molecule has 1 aromatic heterocycles. The second-order valence-electron chi connectivity index (χ2n) is 5.78. The molecule has 4 heteroatoms. The van der Waals surface area contributed by atoms with Crippen LogP contribution in [0.5, 0.6) is 0 Å². The fraction of sp³-hybridized carbons (Fsp3) is 0.643. The molecule has 0 saturated carbocycles. The Morgan fingerprint density at radius 1 is 1.33 bits per heavy atom. The fourth-order valence-electron chi connectivity index (χ4n) is 2.27. The van der Waals surface area contributed by atoms with Gasteiger partial charge in [-0.2, -0.15) is 0 Å². The van der Waals surface area contributed by atoms with Crippen molar-refractivity contribution >= 4 is 5.82 Å². The van der Waals surface area contributed by atoms with Crippen molar-refractivity contribution in [2.45, 2.75) is 32.4 Å². The highest BCUT2D eigenvalue weighted by Gasteiger charge is 2.31. The largest absolute Gasteiger partial charge is 0.389 e. The van der Waals surface area contributed by atoms with Gasteiger partial charge in [0.15, 0.2) is 0 Å². The Morgan fingerprint density at radius 3 is 2.56 bits per heavy atom. The number of hydrogen-bond donors (Lipinski definition) is 1. The lowest BCUT2D eigenvalue weighted by Crippen LogP contribution is -2.57. The lowest BCUT2D eigenvalue weighted by atomic mass is 10.00. The molecule has 0 aromatic carbocycles. The van der Waals surface area contributed by atoms with Gasteiger partial charge in [-0.15, -0.1) is 0 Å². The minimum Gasteiger partial charge on any atom is -0.389 e. The maximum Gasteiger partial charge on any atom is 0.128 e. The van der Waals surface area contributed by atoms with E-state index < -0.39 is 6.10 Å². The number of hydrogen-bond acceptors (Lipinski definition) is 4. The summed E-state index contributed by atoms with van der Waals surface area (Å²) in [5.74, 6) is 1.00. The molecule has 1 N–H and O–H groups in total. The van der Waals surface area contributed by atoms with Gasteiger partial charge in [0.25, 0.3) is 0 Å². The molecule has 0 amide bonds. The molecule has 2 rings (SSSR count). The molecule has 100 valence electrons. The number of aromatic nitrogens is 1. The molecule has 2 heterocycles. The zero-order chi connectivity index (χ0) is 13.3. The van der Waals surface area contributed by atoms with E-state index in [2.05, 4.69) is 35.7 Å². The first-order chi connectivity index (χ1) is 8.40. The first-order valence-corrected chi connectivity index (χ1v) is 6.50. The van der Waals surface area contributed by atoms with Gasteiger partial charge in [-0.05, 0) is 39.4 Å². The standard InChI is InChI=1S/C14H23N3O/c1-11(18)12-5-6-13(15-9-12)17-8-7-16(4)14(2,3)10-17/h5-6,9,11,18H,7-8,10H2,1-4H3. The summed E-state index contributed by atoms with van der Waals surface area (Å²) < 4.78 is 0. The Bertz CT molecular complexity index is 400. The first kappa shape index (κ1) is 13.3. The molecule has 1 aliphatic rings. The van der Waals surface area contributed by atoms with Crippen molar-refractivity contribution < 1.29 is 5.11 Å². The van der Waals surface area contributed by atoms with Crippen LogP contribution in [0.1, 0.15) is 32.4 Å². The zero-order valence-corrected chi connectivity index (χ0v) is 11.7. The van der Waals surface area contributed by atoms with Crippen LogP contribution in [0.3, 0.4) is 0 Å². The van der Waals surface area contributed by atoms with E-state index >= 15 is 0 Å². The Morgan fingerprint density at radius 2 is 2.06 bits per heavy atom. The van der Waals surface area contributed by atoms with Crippen LogP contribution < -0.4 is 4.90 Å². The molecule has 0 bridgehead atoms. The Balaban J connectivity index is 2.13. The number of aliphatic hydroxyl groups is 1. The van der Waals surface area contributed by atoms with Crippen LogP contribution in [0, 0.1) is 0 Å². The Labute approximate surface area is 109 Å². The summed E-state index contributed by atoms with van der Waals surface area (Å²) >= 11 is 0. The highest BCUT2D eigenvalue weighted by atomic mass is 16.3. The fourth-order valence-corrected chi connectivity index (χ4v) is 2.27. The van der Waals surface area contributed by atoms with Crippen LogP contribution in [0.15, 0.2) is 18.3 Å². The monoisotopic (exact) mass is 249 g/mol. The second kappa shape index (κ2) is 4.86. The van der Waals surface area contributed by atoms with Crippen LogP contribution >= 0.6 is 0 Å². The number of pyridine rings is 1. The number of rotatable bonds is 2. The molecule has 4 nitrogen and oxygen atoms in total. The third-order valence-electron chi connectivity index (χ3n) is 3.89. The lowest BCUT2D eigenvalue weighted by Gasteiger charge is -2.45. The van der Waals surface area contributed by atoms with Crippen LogP contribution in [-0.2, 0) is 0 Å². The van der Waals surface area contributed by atoms with Gasteiger partial charge >= 0.3 is 0 Å². The van der Waals surface area contributed by atoms with Gasteiger partial charge in [0.2, 0.25) is 0 Å². The maximum absolute atomic E-state index is 9.48. The topological polar surface area (TPSA) is 39.6 Å². The Kier molecular flexibility index (Phi) is 3.59. The molecular weight excluding hydrogens is 226 g/mol. The van der Waals surface area contributed by atoms with Crippen molar-refractivity contribution in [1.29, 1.82) is 0 Å². The van der Waals surface area contributed by atoms with E-state index in [4.69, 9.17) is 0 Å². The third-order valence-corrected chi connectivity index (χ3v) is 3.89. The number of anilines is 1. The van der Waals surface area contributed by atoms with Crippen LogP contribution in [0.25, 0.3) is 0 Å². The second-order valence-corrected chi connectivity index (χ2v) is 5.78. The summed E-state index contributed by atoms with van der Waals surface area (Å²) in [5.41, 5.74) is 1.04. The predicted octanol–water partition coefficient (Wildman–Crippen LogP) is 1.67. The SMILES string of the molecule is CC(O)c1ccc(N2CCN(C)C(C)(C)C2)nc1. The van der Waals surface area contributed by atoms with Crippen molar-refractivity contribution in [2.75, 3.05) is 31.6 Å². The summed E-state index contributed by atoms with van der Waals surface area (Å²) in [5, 5.41) is 9.48. The average molecular weight is 249 g/mol. The molecule has 1 fully saturated rings. The van der Waals surface area contributed by atoms with Crippen molar-refractivity contribution in [2.24, 2.45) is 0 Å². The highest BCUT2D eigenvalue weighted by molar-refractivity contribution is 5.41. The molecule has 0 aliphatic carbocycles. The van der Waals surface area contributed by atoms with E-state index in [1.807, 2.05) is 12.1 Å². The number of likely N-dealkylation sites (N-methyl/N-ethyl adjacent to an activating group) is 1. The average Bonchev–Trinajstić information content (AvgIpc) is 2.33. The van der Waals surface area contributed by atoms with Gasteiger partial charge in [-0.25, -0.2) is 4.98 Å². The summed E-state index contributed by atoms with van der Waals surface area (Å²) in [7, 11) is 2.17. The molecule has 1 saturated heterocycles. The summed E-state index contributed by atoms with van der Waals surface area (Å²) in [6.45, 7) is 9.29. The zero-order valence-electron chi connectivity index (χ0n) is 11.7. The van der Waals surface area contributed by atoms with Gasteiger partial charge in [-0.3, -0.25) is 4.90 Å². The normalized spacial score (nSPS) is 21.9. The molecule has 1 atom stereocenters. The van der Waals surface area contributed by atoms with E-state index in [1.54, 1.807) is 13.1 Å². The van der Waals surface area contributed by atoms with Gasteiger partial charge in [0.1, 0.15) is 5.82 Å². The number of piperazine rings is 1. The molecule has 0 radical (unpaired) electrons. The van der Waals surface area contributed by atoms with Crippen LogP contribution in [0.4, 0.5) is 5.82 Å². The van der Waals surface area contributed by atoms with Gasteiger partial charge in [0.05, 0.1) is 6.10 Å². The first-order valence-electron chi connectivity index (χ1n) is 6.50. The number of aliphatic hydroxyl groups excluding tert-OH is 1. The van der Waals surface area contributed by atoms with Crippen molar-refractivity contribution in [3.8, 4) is 0 Å². The van der Waals surface area contributed by atoms with Gasteiger partial charge in [-0.1, -0.05) is 6.07 Å². The van der Waals surface area contributed by atoms with E-state index in [-0.39, 0.29) is 5.54 Å². The highest BCUT2D eigenvalue weighted by Crippen LogP contribution is 2.23. The van der Waals surface area contributed by atoms with E-state index in [0.717, 1.165) is 31.0 Å². The molecular formula is C14H23N3O. The number of nitrogens with zero attached hydrogens (tertiary/aromatic N) is 3. The minimum atomic E-state index is -0.449. The molecule has 1 aliphatic heterocycles. The van der Waals surface area contributed by atoms with Gasteiger partial charge < -0.3 is 10.0 Å². The van der Waals surface area contributed by atoms with Gasteiger partial charge in [0, 0.05) is 31.4 Å². The predicted molar refractivity (Wildman–Crippen MR) is 73.8 cm³/mol. The summed E-state index contributed by atoms with van der Waals surface area (Å²) in [4.78, 5) is 9.16. The Hall–Kier alpha value is -1.13. The van der Waals surface area contributed by atoms with Crippen LogP contribution in [0.2, 0.25) is 0 Å². The van der Waals surface area contributed by atoms with Crippen molar-refractivity contribution in [3.05, 3.63) is 23.9 Å². The molecule has 1 unspecified atom stereocenters. The quantitative estimate of drug-likeness (QED) is 0.865. The lowest BCUT2D eigenvalue weighted by molar-refractivity contribution is 0.138. The molecule has 1 aromatic rings. The molecule has 0 spiro atoms. The third kappa shape index (κ3) is 2.65. The minimum absolute atomic E-state index is 0.170. The summed E-state index contributed by atoms with van der Waals surface area (Å²) in [6, 6.07) is 3.96. The van der Waals surface area contributed by atoms with E-state index in [0.29, 0.717) is 0 Å².